The van der Waals surface area contributed by atoms with E-state index in [0.29, 0.717) is 17.8 Å². The van der Waals surface area contributed by atoms with Crippen LogP contribution in [0.4, 0.5) is 0 Å². The van der Waals surface area contributed by atoms with Crippen molar-refractivity contribution in [3.05, 3.63) is 5.01 Å². The van der Waals surface area contributed by atoms with Gasteiger partial charge in [0, 0.05) is 12.6 Å². The van der Waals surface area contributed by atoms with Crippen LogP contribution in [0.15, 0.2) is 0 Å². The van der Waals surface area contributed by atoms with Crippen LogP contribution in [0.5, 0.6) is 5.19 Å². The van der Waals surface area contributed by atoms with Gasteiger partial charge in [0.05, 0.1) is 6.54 Å². The summed E-state index contributed by atoms with van der Waals surface area (Å²) >= 11 is 1.54. The van der Waals surface area contributed by atoms with Crippen LogP contribution >= 0.6 is 11.3 Å². The summed E-state index contributed by atoms with van der Waals surface area (Å²) < 4.78 is 5.62. The largest absolute Gasteiger partial charge is 0.468 e. The molecule has 0 atom stereocenters. The van der Waals surface area contributed by atoms with Gasteiger partial charge in [-0.25, -0.2) is 0 Å². The van der Waals surface area contributed by atoms with Crippen molar-refractivity contribution in [2.75, 3.05) is 26.2 Å². The van der Waals surface area contributed by atoms with Gasteiger partial charge in [0.1, 0.15) is 11.6 Å². The van der Waals surface area contributed by atoms with Gasteiger partial charge in [-0.15, -0.1) is 10.2 Å². The zero-order valence-electron chi connectivity index (χ0n) is 11.2. The maximum Gasteiger partial charge on any atom is 0.294 e. The molecule has 0 amide bonds. The first-order valence-corrected chi connectivity index (χ1v) is 7.54. The van der Waals surface area contributed by atoms with E-state index in [4.69, 9.17) is 4.74 Å². The van der Waals surface area contributed by atoms with Crippen LogP contribution in [0.2, 0.25) is 0 Å². The Labute approximate surface area is 113 Å². The molecule has 0 spiro atoms. The minimum Gasteiger partial charge on any atom is -0.468 e. The van der Waals surface area contributed by atoms with Crippen molar-refractivity contribution in [1.29, 1.82) is 0 Å². The normalized spacial score (nSPS) is 15.3. The van der Waals surface area contributed by atoms with Gasteiger partial charge in [0.2, 0.25) is 0 Å². The smallest absolute Gasteiger partial charge is 0.294 e. The Morgan fingerprint density at radius 3 is 2.78 bits per heavy atom. The molecule has 0 unspecified atom stereocenters. The van der Waals surface area contributed by atoms with E-state index in [1.165, 1.54) is 12.8 Å². The highest BCUT2D eigenvalue weighted by molar-refractivity contribution is 7.13. The lowest BCUT2D eigenvalue weighted by Gasteiger charge is -2.16. The van der Waals surface area contributed by atoms with Gasteiger partial charge in [-0.3, -0.25) is 0 Å². The van der Waals surface area contributed by atoms with Gasteiger partial charge in [0.25, 0.3) is 5.19 Å². The second kappa shape index (κ2) is 7.01. The Balaban J connectivity index is 1.65. The Hall–Kier alpha value is -0.720. The predicted octanol–water partition coefficient (Wildman–Crippen LogP) is 1.51. The SMILES string of the molecule is CCN(CC)CCOc1nnc(CNC2CC2)s1. The zero-order chi connectivity index (χ0) is 12.8. The average molecular weight is 270 g/mol. The van der Waals surface area contributed by atoms with Crippen molar-refractivity contribution >= 4 is 11.3 Å². The molecule has 1 aliphatic rings. The number of rotatable bonds is 9. The van der Waals surface area contributed by atoms with Crippen LogP contribution in [-0.4, -0.2) is 47.4 Å². The fraction of sp³-hybridized carbons (Fsp3) is 0.833. The summed E-state index contributed by atoms with van der Waals surface area (Å²) in [7, 11) is 0. The highest BCUT2D eigenvalue weighted by Gasteiger charge is 2.20. The quantitative estimate of drug-likeness (QED) is 0.737. The van der Waals surface area contributed by atoms with Gasteiger partial charge in [-0.2, -0.15) is 0 Å². The minimum atomic E-state index is 0.687. The average Bonchev–Trinajstić information content (AvgIpc) is 3.12. The van der Waals surface area contributed by atoms with Crippen molar-refractivity contribution < 1.29 is 4.74 Å². The third-order valence-corrected chi connectivity index (χ3v) is 3.93. The molecule has 1 N–H and O–H groups in total. The van der Waals surface area contributed by atoms with Crippen LogP contribution in [-0.2, 0) is 6.54 Å². The molecule has 0 saturated heterocycles. The molecule has 0 bridgehead atoms. The van der Waals surface area contributed by atoms with Crippen LogP contribution in [0.3, 0.4) is 0 Å². The van der Waals surface area contributed by atoms with E-state index >= 15 is 0 Å². The van der Waals surface area contributed by atoms with Gasteiger partial charge in [0.15, 0.2) is 0 Å². The van der Waals surface area contributed by atoms with Crippen LogP contribution in [0.25, 0.3) is 0 Å². The fourth-order valence-corrected chi connectivity index (χ4v) is 2.35. The number of nitrogens with one attached hydrogen (secondary N) is 1. The molecule has 0 radical (unpaired) electrons. The van der Waals surface area contributed by atoms with E-state index in [9.17, 15) is 0 Å². The van der Waals surface area contributed by atoms with Gasteiger partial charge < -0.3 is 15.0 Å². The van der Waals surface area contributed by atoms with Gasteiger partial charge >= 0.3 is 0 Å². The molecule has 0 aromatic carbocycles. The summed E-state index contributed by atoms with van der Waals surface area (Å²) in [6.07, 6.45) is 2.60. The molecular formula is C12H22N4OS. The second-order valence-corrected chi connectivity index (χ2v) is 5.52. The van der Waals surface area contributed by atoms with E-state index in [0.717, 1.165) is 31.2 Å². The number of aromatic nitrogens is 2. The first-order valence-electron chi connectivity index (χ1n) is 6.72. The third-order valence-electron chi connectivity index (χ3n) is 3.10. The number of hydrogen-bond acceptors (Lipinski definition) is 6. The first-order chi connectivity index (χ1) is 8.81. The second-order valence-electron chi connectivity index (χ2n) is 4.49. The highest BCUT2D eigenvalue weighted by Crippen LogP contribution is 2.21. The van der Waals surface area contributed by atoms with Crippen molar-refractivity contribution in [2.45, 2.75) is 39.3 Å². The molecule has 2 rings (SSSR count). The molecule has 102 valence electrons. The maximum absolute atomic E-state index is 5.62. The van der Waals surface area contributed by atoms with E-state index in [1.54, 1.807) is 11.3 Å². The van der Waals surface area contributed by atoms with Crippen LogP contribution in [0, 0.1) is 0 Å². The molecule has 1 aliphatic carbocycles. The molecule has 1 fully saturated rings. The van der Waals surface area contributed by atoms with Crippen LogP contribution in [0.1, 0.15) is 31.7 Å². The number of likely N-dealkylation sites (N-methyl/N-ethyl adjacent to an activating group) is 1. The summed E-state index contributed by atoms with van der Waals surface area (Å²) in [5, 5.41) is 13.3. The monoisotopic (exact) mass is 270 g/mol. The number of hydrogen-bond donors (Lipinski definition) is 1. The van der Waals surface area contributed by atoms with Crippen molar-refractivity contribution in [3.8, 4) is 5.19 Å². The molecule has 1 heterocycles. The lowest BCUT2D eigenvalue weighted by Crippen LogP contribution is -2.27. The Morgan fingerprint density at radius 1 is 1.33 bits per heavy atom. The number of nitrogens with zero attached hydrogens (tertiary/aromatic N) is 3. The van der Waals surface area contributed by atoms with Crippen molar-refractivity contribution in [1.82, 2.24) is 20.4 Å². The maximum atomic E-state index is 5.62. The first kappa shape index (κ1) is 13.7. The van der Waals surface area contributed by atoms with E-state index in [1.807, 2.05) is 0 Å². The molecule has 5 nitrogen and oxygen atoms in total. The van der Waals surface area contributed by atoms with E-state index in [-0.39, 0.29) is 0 Å². The molecular weight excluding hydrogens is 248 g/mol. The third kappa shape index (κ3) is 4.51. The number of ether oxygens (including phenoxy) is 1. The standard InChI is InChI=1S/C12H22N4OS/c1-3-16(4-2)7-8-17-12-15-14-11(18-12)9-13-10-5-6-10/h10,13H,3-9H2,1-2H3. The predicted molar refractivity (Wildman–Crippen MR) is 73.1 cm³/mol. The summed E-state index contributed by atoms with van der Waals surface area (Å²) in [6.45, 7) is 8.90. The Bertz CT molecular complexity index is 350. The fourth-order valence-electron chi connectivity index (χ4n) is 1.69. The summed E-state index contributed by atoms with van der Waals surface area (Å²) in [4.78, 5) is 2.33. The highest BCUT2D eigenvalue weighted by atomic mass is 32.1. The molecule has 18 heavy (non-hydrogen) atoms. The molecule has 1 saturated carbocycles. The molecule has 0 aliphatic heterocycles. The van der Waals surface area contributed by atoms with Crippen molar-refractivity contribution in [2.24, 2.45) is 0 Å². The Morgan fingerprint density at radius 2 is 2.11 bits per heavy atom. The van der Waals surface area contributed by atoms with Gasteiger partial charge in [-0.1, -0.05) is 25.2 Å². The molecule has 6 heteroatoms. The molecule has 1 aromatic heterocycles. The minimum absolute atomic E-state index is 0.687. The van der Waals surface area contributed by atoms with E-state index in [2.05, 4.69) is 34.3 Å². The lowest BCUT2D eigenvalue weighted by molar-refractivity contribution is 0.221. The molecule has 1 aromatic rings. The summed E-state index contributed by atoms with van der Waals surface area (Å²) in [5.74, 6) is 0. The lowest BCUT2D eigenvalue weighted by atomic mass is 10.5. The van der Waals surface area contributed by atoms with Crippen LogP contribution < -0.4 is 10.1 Å². The Kier molecular flexibility index (Phi) is 5.34. The van der Waals surface area contributed by atoms with Crippen molar-refractivity contribution in [3.63, 3.8) is 0 Å². The topological polar surface area (TPSA) is 50.3 Å². The summed E-state index contributed by atoms with van der Waals surface area (Å²) in [6, 6.07) is 0.709. The van der Waals surface area contributed by atoms with E-state index < -0.39 is 0 Å². The summed E-state index contributed by atoms with van der Waals surface area (Å²) in [5.41, 5.74) is 0. The zero-order valence-corrected chi connectivity index (χ0v) is 12.0. The van der Waals surface area contributed by atoms with Gasteiger partial charge in [-0.05, 0) is 25.9 Å².